The Kier molecular flexibility index (Phi) is 4.38. The Morgan fingerprint density at radius 3 is 2.58 bits per heavy atom. The molecule has 5 nitrogen and oxygen atoms in total. The Labute approximate surface area is 152 Å². The van der Waals surface area contributed by atoms with Crippen molar-refractivity contribution in [2.45, 2.75) is 37.1 Å². The van der Waals surface area contributed by atoms with Crippen molar-refractivity contribution in [3.8, 4) is 0 Å². The van der Waals surface area contributed by atoms with Crippen molar-refractivity contribution in [1.82, 2.24) is 9.71 Å². The maximum atomic E-state index is 12.6. The number of rotatable bonds is 4. The van der Waals surface area contributed by atoms with Crippen molar-refractivity contribution in [2.24, 2.45) is 0 Å². The average molecular weight is 368 g/mol. The number of sulfonamides is 1. The summed E-state index contributed by atoms with van der Waals surface area (Å²) < 4.78 is 27.8. The maximum Gasteiger partial charge on any atom is 0.252 e. The van der Waals surface area contributed by atoms with Gasteiger partial charge in [0, 0.05) is 17.6 Å². The normalized spacial score (nSPS) is 14.3. The standard InChI is InChI=1S/C20H20N2O3S/c23-20-17(11-16-7-3-4-8-19(16)22-20)13-21-26(24,25)18-10-9-14-5-1-2-6-15(14)12-18/h3-4,7-12,21H,1-2,5-6,13H2,(H,22,23). The lowest BCUT2D eigenvalue weighted by Crippen LogP contribution is -2.27. The minimum absolute atomic E-state index is 0.0421. The fraction of sp³-hybridized carbons (Fsp3) is 0.250. The molecule has 0 unspecified atom stereocenters. The summed E-state index contributed by atoms with van der Waals surface area (Å²) in [5, 5.41) is 0.870. The maximum absolute atomic E-state index is 12.6. The fourth-order valence-corrected chi connectivity index (χ4v) is 4.51. The van der Waals surface area contributed by atoms with Crippen LogP contribution in [0.1, 0.15) is 29.5 Å². The van der Waals surface area contributed by atoms with E-state index in [2.05, 4.69) is 9.71 Å². The lowest BCUT2D eigenvalue weighted by Gasteiger charge is -2.16. The molecule has 1 heterocycles. The second kappa shape index (κ2) is 6.70. The summed E-state index contributed by atoms with van der Waals surface area (Å²) in [6.45, 7) is -0.0421. The Hall–Kier alpha value is -2.44. The number of hydrogen-bond acceptors (Lipinski definition) is 3. The summed E-state index contributed by atoms with van der Waals surface area (Å²) >= 11 is 0. The zero-order valence-corrected chi connectivity index (χ0v) is 15.1. The molecule has 134 valence electrons. The van der Waals surface area contributed by atoms with Crippen LogP contribution in [0.3, 0.4) is 0 Å². The highest BCUT2D eigenvalue weighted by atomic mass is 32.2. The Balaban J connectivity index is 1.59. The third-order valence-corrected chi connectivity index (χ3v) is 6.31. The molecule has 1 aliphatic carbocycles. The fourth-order valence-electron chi connectivity index (χ4n) is 3.46. The monoisotopic (exact) mass is 368 g/mol. The van der Waals surface area contributed by atoms with Gasteiger partial charge in [0.2, 0.25) is 10.0 Å². The molecule has 0 amide bonds. The Bertz CT molecular complexity index is 1130. The van der Waals surface area contributed by atoms with E-state index in [9.17, 15) is 13.2 Å². The van der Waals surface area contributed by atoms with Gasteiger partial charge >= 0.3 is 0 Å². The largest absolute Gasteiger partial charge is 0.322 e. The summed E-state index contributed by atoms with van der Waals surface area (Å²) in [7, 11) is -3.66. The summed E-state index contributed by atoms with van der Waals surface area (Å²) in [6.07, 6.45) is 4.18. The van der Waals surface area contributed by atoms with Crippen LogP contribution in [0.25, 0.3) is 10.9 Å². The number of pyridine rings is 1. The van der Waals surface area contributed by atoms with Crippen molar-refractivity contribution >= 4 is 20.9 Å². The van der Waals surface area contributed by atoms with Crippen LogP contribution < -0.4 is 10.3 Å². The molecule has 3 aromatic rings. The van der Waals surface area contributed by atoms with Gasteiger partial charge in [-0.15, -0.1) is 0 Å². The minimum Gasteiger partial charge on any atom is -0.322 e. The van der Waals surface area contributed by atoms with Crippen molar-refractivity contribution in [3.05, 3.63) is 75.6 Å². The molecule has 0 radical (unpaired) electrons. The molecule has 26 heavy (non-hydrogen) atoms. The van der Waals surface area contributed by atoms with Gasteiger partial charge in [0.25, 0.3) is 5.56 Å². The number of para-hydroxylation sites is 1. The SMILES string of the molecule is O=c1[nH]c2ccccc2cc1CNS(=O)(=O)c1ccc2c(c1)CCCC2. The lowest BCUT2D eigenvalue weighted by molar-refractivity contribution is 0.580. The van der Waals surface area contributed by atoms with E-state index in [1.54, 1.807) is 18.2 Å². The molecule has 0 fully saturated rings. The van der Waals surface area contributed by atoms with E-state index < -0.39 is 10.0 Å². The van der Waals surface area contributed by atoms with Gasteiger partial charge in [0.15, 0.2) is 0 Å². The van der Waals surface area contributed by atoms with Crippen LogP contribution in [0.15, 0.2) is 58.2 Å². The topological polar surface area (TPSA) is 79.0 Å². The highest BCUT2D eigenvalue weighted by molar-refractivity contribution is 7.89. The van der Waals surface area contributed by atoms with Gasteiger partial charge in [0.1, 0.15) is 0 Å². The summed E-state index contributed by atoms with van der Waals surface area (Å²) in [4.78, 5) is 15.2. The third kappa shape index (κ3) is 3.30. The summed E-state index contributed by atoms with van der Waals surface area (Å²) in [5.41, 5.74) is 3.20. The summed E-state index contributed by atoms with van der Waals surface area (Å²) in [5.74, 6) is 0. The first-order valence-electron chi connectivity index (χ1n) is 8.75. The van der Waals surface area contributed by atoms with Crippen LogP contribution in [0.5, 0.6) is 0 Å². The predicted octanol–water partition coefficient (Wildman–Crippen LogP) is 2.89. The molecule has 6 heteroatoms. The average Bonchev–Trinajstić information content (AvgIpc) is 2.66. The van der Waals surface area contributed by atoms with Crippen molar-refractivity contribution in [2.75, 3.05) is 0 Å². The second-order valence-corrected chi connectivity index (χ2v) is 8.44. The number of aromatic nitrogens is 1. The molecule has 1 aliphatic rings. The van der Waals surface area contributed by atoms with Crippen LogP contribution >= 0.6 is 0 Å². The van der Waals surface area contributed by atoms with E-state index in [1.165, 1.54) is 5.56 Å². The number of nitrogens with one attached hydrogen (secondary N) is 2. The molecule has 0 bridgehead atoms. The zero-order chi connectivity index (χ0) is 18.1. The van der Waals surface area contributed by atoms with Crippen LogP contribution in [0.4, 0.5) is 0 Å². The predicted molar refractivity (Wildman–Crippen MR) is 102 cm³/mol. The van der Waals surface area contributed by atoms with Gasteiger partial charge in [-0.05, 0) is 66.5 Å². The van der Waals surface area contributed by atoms with Crippen LogP contribution in [-0.4, -0.2) is 13.4 Å². The van der Waals surface area contributed by atoms with Crippen molar-refractivity contribution in [3.63, 3.8) is 0 Å². The van der Waals surface area contributed by atoms with Gasteiger partial charge in [-0.3, -0.25) is 4.79 Å². The second-order valence-electron chi connectivity index (χ2n) is 6.67. The number of fused-ring (bicyclic) bond motifs is 2. The molecule has 1 aromatic heterocycles. The smallest absolute Gasteiger partial charge is 0.252 e. The molecule has 0 aliphatic heterocycles. The van der Waals surface area contributed by atoms with Gasteiger partial charge in [-0.1, -0.05) is 24.3 Å². The molecule has 0 saturated carbocycles. The van der Waals surface area contributed by atoms with Gasteiger partial charge in [-0.2, -0.15) is 0 Å². The van der Waals surface area contributed by atoms with Crippen LogP contribution in [0, 0.1) is 0 Å². The first kappa shape index (κ1) is 17.0. The van der Waals surface area contributed by atoms with Gasteiger partial charge < -0.3 is 4.98 Å². The molecule has 0 spiro atoms. The van der Waals surface area contributed by atoms with Crippen LogP contribution in [0.2, 0.25) is 0 Å². The third-order valence-electron chi connectivity index (χ3n) is 4.91. The van der Waals surface area contributed by atoms with E-state index in [0.717, 1.165) is 42.1 Å². The van der Waals surface area contributed by atoms with Crippen molar-refractivity contribution in [1.29, 1.82) is 0 Å². The van der Waals surface area contributed by atoms with E-state index >= 15 is 0 Å². The first-order chi connectivity index (χ1) is 12.5. The Morgan fingerprint density at radius 1 is 0.962 bits per heavy atom. The highest BCUT2D eigenvalue weighted by Crippen LogP contribution is 2.24. The van der Waals surface area contributed by atoms with E-state index in [1.807, 2.05) is 30.3 Å². The molecule has 0 saturated heterocycles. The Morgan fingerprint density at radius 2 is 1.73 bits per heavy atom. The molecule has 2 aromatic carbocycles. The quantitative estimate of drug-likeness (QED) is 0.743. The molecular formula is C20H20N2O3S. The summed E-state index contributed by atoms with van der Waals surface area (Å²) in [6, 6.07) is 14.5. The number of aryl methyl sites for hydroxylation is 2. The molecule has 2 N–H and O–H groups in total. The van der Waals surface area contributed by atoms with E-state index in [0.29, 0.717) is 5.56 Å². The van der Waals surface area contributed by atoms with Gasteiger partial charge in [-0.25, -0.2) is 13.1 Å². The number of aromatic amines is 1. The number of hydrogen-bond donors (Lipinski definition) is 2. The van der Waals surface area contributed by atoms with Gasteiger partial charge in [0.05, 0.1) is 4.90 Å². The first-order valence-corrected chi connectivity index (χ1v) is 10.2. The lowest BCUT2D eigenvalue weighted by atomic mass is 9.92. The molecular weight excluding hydrogens is 348 g/mol. The molecule has 0 atom stereocenters. The zero-order valence-electron chi connectivity index (χ0n) is 14.3. The molecule has 4 rings (SSSR count). The number of H-pyrrole nitrogens is 1. The van der Waals surface area contributed by atoms with E-state index in [-0.39, 0.29) is 17.0 Å². The minimum atomic E-state index is -3.66. The van der Waals surface area contributed by atoms with Crippen LogP contribution in [-0.2, 0) is 29.4 Å². The van der Waals surface area contributed by atoms with E-state index in [4.69, 9.17) is 0 Å². The van der Waals surface area contributed by atoms with Crippen molar-refractivity contribution < 1.29 is 8.42 Å². The highest BCUT2D eigenvalue weighted by Gasteiger charge is 2.18. The number of benzene rings is 2.